The zero-order valence-corrected chi connectivity index (χ0v) is 17.9. The van der Waals surface area contributed by atoms with Crippen LogP contribution in [0.1, 0.15) is 22.5 Å². The van der Waals surface area contributed by atoms with Crippen molar-refractivity contribution in [3.63, 3.8) is 0 Å². The van der Waals surface area contributed by atoms with E-state index in [2.05, 4.69) is 6.07 Å². The van der Waals surface area contributed by atoms with Gasteiger partial charge in [-0.05, 0) is 62.2 Å². The first-order chi connectivity index (χ1) is 15.0. The number of methoxy groups -OCH3 is 1. The average molecular weight is 412 g/mol. The summed E-state index contributed by atoms with van der Waals surface area (Å²) < 4.78 is 7.14. The van der Waals surface area contributed by atoms with Gasteiger partial charge < -0.3 is 9.64 Å². The SMILES string of the molecule is COc1ccc(-c2nn3c(C)cc(C)nc3c2CC(=O)N2CCc3ccccc32)cc1. The van der Waals surface area contributed by atoms with Gasteiger partial charge in [-0.2, -0.15) is 5.10 Å². The minimum atomic E-state index is 0.0653. The van der Waals surface area contributed by atoms with Gasteiger partial charge in [0.05, 0.1) is 19.2 Å². The highest BCUT2D eigenvalue weighted by atomic mass is 16.5. The molecule has 1 aliphatic rings. The van der Waals surface area contributed by atoms with Gasteiger partial charge in [-0.25, -0.2) is 9.50 Å². The monoisotopic (exact) mass is 412 g/mol. The molecule has 6 heteroatoms. The summed E-state index contributed by atoms with van der Waals surface area (Å²) in [7, 11) is 1.65. The van der Waals surface area contributed by atoms with Gasteiger partial charge in [0.2, 0.25) is 5.91 Å². The van der Waals surface area contributed by atoms with E-state index in [1.807, 2.05) is 71.8 Å². The number of para-hydroxylation sites is 1. The van der Waals surface area contributed by atoms with Gasteiger partial charge in [0, 0.05) is 34.7 Å². The molecule has 2 aromatic carbocycles. The number of carbonyl (C=O) groups excluding carboxylic acids is 1. The second-order valence-corrected chi connectivity index (χ2v) is 7.93. The van der Waals surface area contributed by atoms with Gasteiger partial charge in [0.25, 0.3) is 0 Å². The van der Waals surface area contributed by atoms with Crippen molar-refractivity contribution in [1.29, 1.82) is 0 Å². The van der Waals surface area contributed by atoms with Crippen molar-refractivity contribution in [3.8, 4) is 17.0 Å². The predicted octanol–water partition coefficient (Wildman–Crippen LogP) is 4.15. The molecule has 0 spiro atoms. The Balaban J connectivity index is 1.60. The van der Waals surface area contributed by atoms with Gasteiger partial charge in [0.1, 0.15) is 5.75 Å². The molecule has 4 aromatic rings. The van der Waals surface area contributed by atoms with Crippen LogP contribution in [0.2, 0.25) is 0 Å². The van der Waals surface area contributed by atoms with Crippen molar-refractivity contribution in [3.05, 3.63) is 77.1 Å². The highest BCUT2D eigenvalue weighted by molar-refractivity contribution is 5.98. The normalized spacial score (nSPS) is 12.9. The van der Waals surface area contributed by atoms with Gasteiger partial charge in [0.15, 0.2) is 5.65 Å². The van der Waals surface area contributed by atoms with Crippen molar-refractivity contribution >= 4 is 17.2 Å². The number of rotatable bonds is 4. The topological polar surface area (TPSA) is 59.7 Å². The Morgan fingerprint density at radius 3 is 2.65 bits per heavy atom. The van der Waals surface area contributed by atoms with Crippen LogP contribution in [0.15, 0.2) is 54.6 Å². The third kappa shape index (κ3) is 3.34. The number of hydrogen-bond donors (Lipinski definition) is 0. The lowest BCUT2D eigenvalue weighted by molar-refractivity contribution is -0.117. The smallest absolute Gasteiger partial charge is 0.231 e. The zero-order chi connectivity index (χ0) is 21.5. The molecule has 2 aromatic heterocycles. The minimum absolute atomic E-state index is 0.0653. The lowest BCUT2D eigenvalue weighted by Gasteiger charge is -2.17. The number of anilines is 1. The Labute approximate surface area is 181 Å². The number of aromatic nitrogens is 3. The Morgan fingerprint density at radius 1 is 1.10 bits per heavy atom. The van der Waals surface area contributed by atoms with Crippen LogP contribution < -0.4 is 9.64 Å². The largest absolute Gasteiger partial charge is 0.497 e. The van der Waals surface area contributed by atoms with Crippen LogP contribution in [0.3, 0.4) is 0 Å². The lowest BCUT2D eigenvalue weighted by Crippen LogP contribution is -2.30. The van der Waals surface area contributed by atoms with Crippen LogP contribution >= 0.6 is 0 Å². The van der Waals surface area contributed by atoms with Gasteiger partial charge >= 0.3 is 0 Å². The Bertz CT molecular complexity index is 1290. The summed E-state index contributed by atoms with van der Waals surface area (Å²) in [6.45, 7) is 4.69. The number of hydrogen-bond acceptors (Lipinski definition) is 4. The quantitative estimate of drug-likeness (QED) is 0.505. The molecule has 31 heavy (non-hydrogen) atoms. The molecular weight excluding hydrogens is 388 g/mol. The first-order valence-corrected chi connectivity index (χ1v) is 10.4. The van der Waals surface area contributed by atoms with Crippen LogP contribution in [0.4, 0.5) is 5.69 Å². The number of fused-ring (bicyclic) bond motifs is 2. The first kappa shape index (κ1) is 19.3. The fourth-order valence-corrected chi connectivity index (χ4v) is 4.35. The molecule has 0 saturated heterocycles. The predicted molar refractivity (Wildman–Crippen MR) is 121 cm³/mol. The molecule has 0 aliphatic carbocycles. The number of benzene rings is 2. The second-order valence-electron chi connectivity index (χ2n) is 7.93. The molecule has 1 amide bonds. The van der Waals surface area contributed by atoms with E-state index in [4.69, 9.17) is 14.8 Å². The summed E-state index contributed by atoms with van der Waals surface area (Å²) in [6, 6.07) is 17.9. The molecule has 0 fully saturated rings. The Kier molecular flexibility index (Phi) is 4.70. The van der Waals surface area contributed by atoms with E-state index in [9.17, 15) is 4.79 Å². The van der Waals surface area contributed by atoms with E-state index in [-0.39, 0.29) is 12.3 Å². The second kappa shape index (κ2) is 7.54. The molecule has 3 heterocycles. The number of amides is 1. The van der Waals surface area contributed by atoms with E-state index in [0.717, 1.165) is 51.7 Å². The molecule has 0 radical (unpaired) electrons. The molecule has 1 aliphatic heterocycles. The number of aryl methyl sites for hydroxylation is 2. The first-order valence-electron chi connectivity index (χ1n) is 10.4. The molecule has 0 atom stereocenters. The van der Waals surface area contributed by atoms with Crippen molar-refractivity contribution in [2.75, 3.05) is 18.6 Å². The van der Waals surface area contributed by atoms with Crippen LogP contribution in [-0.4, -0.2) is 34.2 Å². The van der Waals surface area contributed by atoms with Gasteiger partial charge in [-0.3, -0.25) is 4.79 Å². The van der Waals surface area contributed by atoms with Gasteiger partial charge in [-0.15, -0.1) is 0 Å². The Morgan fingerprint density at radius 2 is 1.87 bits per heavy atom. The maximum atomic E-state index is 13.4. The maximum absolute atomic E-state index is 13.4. The average Bonchev–Trinajstić information content (AvgIpc) is 3.36. The standard InChI is InChI=1S/C25H24N4O2/c1-16-14-17(2)29-25(26-16)21(24(27-29)19-8-10-20(31-3)11-9-19)15-23(30)28-13-12-18-6-4-5-7-22(18)28/h4-11,14H,12-13,15H2,1-3H3. The fraction of sp³-hybridized carbons (Fsp3) is 0.240. The van der Waals surface area contributed by atoms with Crippen LogP contribution in [-0.2, 0) is 17.6 Å². The summed E-state index contributed by atoms with van der Waals surface area (Å²) in [5, 5.41) is 4.85. The zero-order valence-electron chi connectivity index (χ0n) is 17.9. The molecule has 6 nitrogen and oxygen atoms in total. The summed E-state index contributed by atoms with van der Waals surface area (Å²) >= 11 is 0. The molecule has 0 N–H and O–H groups in total. The van der Waals surface area contributed by atoms with E-state index in [1.165, 1.54) is 5.56 Å². The number of ether oxygens (including phenoxy) is 1. The third-order valence-electron chi connectivity index (χ3n) is 5.87. The minimum Gasteiger partial charge on any atom is -0.497 e. The maximum Gasteiger partial charge on any atom is 0.231 e. The summed E-state index contributed by atoms with van der Waals surface area (Å²) in [6.07, 6.45) is 1.13. The van der Waals surface area contributed by atoms with Crippen molar-refractivity contribution < 1.29 is 9.53 Å². The number of carbonyl (C=O) groups is 1. The summed E-state index contributed by atoms with van der Waals surface area (Å²) in [4.78, 5) is 20.0. The van der Waals surface area contributed by atoms with Crippen molar-refractivity contribution in [2.24, 2.45) is 0 Å². The van der Waals surface area contributed by atoms with Gasteiger partial charge in [-0.1, -0.05) is 18.2 Å². The van der Waals surface area contributed by atoms with Crippen LogP contribution in [0.5, 0.6) is 5.75 Å². The number of nitrogens with zero attached hydrogens (tertiary/aromatic N) is 4. The summed E-state index contributed by atoms with van der Waals surface area (Å²) in [5.41, 5.74) is 7.44. The third-order valence-corrected chi connectivity index (χ3v) is 5.87. The molecule has 0 unspecified atom stereocenters. The fourth-order valence-electron chi connectivity index (χ4n) is 4.35. The van der Waals surface area contributed by atoms with Crippen molar-refractivity contribution in [2.45, 2.75) is 26.7 Å². The van der Waals surface area contributed by atoms with Crippen molar-refractivity contribution in [1.82, 2.24) is 14.6 Å². The Hall–Kier alpha value is -3.67. The van der Waals surface area contributed by atoms with E-state index >= 15 is 0 Å². The lowest BCUT2D eigenvalue weighted by atomic mass is 10.0. The molecule has 0 saturated carbocycles. The van der Waals surface area contributed by atoms with E-state index in [1.54, 1.807) is 7.11 Å². The van der Waals surface area contributed by atoms with E-state index in [0.29, 0.717) is 6.54 Å². The van der Waals surface area contributed by atoms with E-state index < -0.39 is 0 Å². The molecule has 5 rings (SSSR count). The molecule has 156 valence electrons. The molecular formula is C25H24N4O2. The van der Waals surface area contributed by atoms with Crippen LogP contribution in [0.25, 0.3) is 16.9 Å². The molecule has 0 bridgehead atoms. The van der Waals surface area contributed by atoms with Crippen LogP contribution in [0, 0.1) is 13.8 Å². The summed E-state index contributed by atoms with van der Waals surface area (Å²) in [5.74, 6) is 0.847. The highest BCUT2D eigenvalue weighted by Gasteiger charge is 2.27. The highest BCUT2D eigenvalue weighted by Crippen LogP contribution is 2.31.